The molecule has 5 heterocycles. The quantitative estimate of drug-likeness (QED) is 0.204. The van der Waals surface area contributed by atoms with Crippen LogP contribution in [0.1, 0.15) is 0 Å². The molecule has 0 aromatic carbocycles. The van der Waals surface area contributed by atoms with Crippen molar-refractivity contribution in [3.63, 3.8) is 0 Å². The molecule has 0 radical (unpaired) electrons. The average molecular weight is 415 g/mol. The molecular weight excluding hydrogens is 409 g/mol. The van der Waals surface area contributed by atoms with Crippen LogP contribution in [0.5, 0.6) is 0 Å². The Labute approximate surface area is 120 Å². The van der Waals surface area contributed by atoms with Crippen LogP contribution in [-0.2, 0) is 37.0 Å². The van der Waals surface area contributed by atoms with E-state index in [2.05, 4.69) is 37.0 Å². The monoisotopic (exact) mass is 414 g/mol. The predicted octanol–water partition coefficient (Wildman–Crippen LogP) is -6.24. The third-order valence-corrected chi connectivity index (χ3v) is 20.9. The van der Waals surface area contributed by atoms with Crippen molar-refractivity contribution in [3.05, 3.63) is 0 Å². The molecular formula is H6O15Si6. The second kappa shape index (κ2) is 3.85. The van der Waals surface area contributed by atoms with Gasteiger partial charge in [0.15, 0.2) is 0 Å². The summed E-state index contributed by atoms with van der Waals surface area (Å²) in [5, 5.41) is 0. The topological polar surface area (TPSA) is 204 Å². The summed E-state index contributed by atoms with van der Waals surface area (Å²) in [4.78, 5) is 60.0. The van der Waals surface area contributed by atoms with E-state index in [-0.39, 0.29) is 0 Å². The van der Waals surface area contributed by atoms with E-state index >= 15 is 0 Å². The molecule has 21 heavy (non-hydrogen) atoms. The third-order valence-electron chi connectivity index (χ3n) is 2.32. The van der Waals surface area contributed by atoms with Crippen LogP contribution in [0, 0.1) is 0 Å². The Morgan fingerprint density at radius 3 is 0.476 bits per heavy atom. The van der Waals surface area contributed by atoms with Crippen molar-refractivity contribution in [3.8, 4) is 0 Å². The van der Waals surface area contributed by atoms with E-state index < -0.39 is 54.3 Å². The lowest BCUT2D eigenvalue weighted by Crippen LogP contribution is -2.89. The minimum atomic E-state index is -4.98. The van der Waals surface area contributed by atoms with Gasteiger partial charge in [0.25, 0.3) is 0 Å². The van der Waals surface area contributed by atoms with E-state index in [1.165, 1.54) is 0 Å². The van der Waals surface area contributed by atoms with Gasteiger partial charge in [-0.15, -0.1) is 0 Å². The van der Waals surface area contributed by atoms with E-state index in [0.717, 1.165) is 0 Å². The van der Waals surface area contributed by atoms with Gasteiger partial charge >= 0.3 is 54.3 Å². The van der Waals surface area contributed by atoms with Gasteiger partial charge in [-0.25, -0.2) is 0 Å². The van der Waals surface area contributed by atoms with Gasteiger partial charge in [0, 0.05) is 0 Å². The SMILES string of the molecule is O[Si]12O[Si]3(O)O[Si](O)(O1)O[Si]1(O)O[Si](O)(O[Si](O)(O1)O3)O2. The van der Waals surface area contributed by atoms with E-state index in [1.807, 2.05) is 0 Å². The number of rotatable bonds is 0. The maximum Gasteiger partial charge on any atom is 0.659 e. The summed E-state index contributed by atoms with van der Waals surface area (Å²) in [5.74, 6) is 0. The van der Waals surface area contributed by atoms with Crippen LogP contribution in [0.25, 0.3) is 0 Å². The summed E-state index contributed by atoms with van der Waals surface area (Å²) < 4.78 is 41.5. The Hall–Kier alpha value is 0.701. The highest BCUT2D eigenvalue weighted by Gasteiger charge is 2.87. The van der Waals surface area contributed by atoms with E-state index in [9.17, 15) is 28.8 Å². The van der Waals surface area contributed by atoms with Gasteiger partial charge in [0.05, 0.1) is 0 Å². The molecule has 0 unspecified atom stereocenters. The fourth-order valence-corrected chi connectivity index (χ4v) is 23.3. The summed E-state index contributed by atoms with van der Waals surface area (Å²) in [5.41, 5.74) is 0. The van der Waals surface area contributed by atoms with Crippen LogP contribution >= 0.6 is 0 Å². The lowest BCUT2D eigenvalue weighted by molar-refractivity contribution is -0.140. The fourth-order valence-electron chi connectivity index (χ4n) is 1.84. The Morgan fingerprint density at radius 2 is 0.381 bits per heavy atom. The molecule has 0 aromatic rings. The Balaban J connectivity index is 1.91. The third kappa shape index (κ3) is 2.42. The molecule has 5 saturated heterocycles. The zero-order valence-corrected chi connectivity index (χ0v) is 15.4. The minimum Gasteiger partial charge on any atom is -0.369 e. The number of hydrogen-bond donors (Lipinski definition) is 6. The van der Waals surface area contributed by atoms with Gasteiger partial charge in [-0.3, -0.25) is 0 Å². The Morgan fingerprint density at radius 1 is 0.286 bits per heavy atom. The van der Waals surface area contributed by atoms with Crippen LogP contribution in [0.15, 0.2) is 0 Å². The van der Waals surface area contributed by atoms with Crippen molar-refractivity contribution in [1.29, 1.82) is 0 Å². The van der Waals surface area contributed by atoms with Crippen molar-refractivity contribution in [2.75, 3.05) is 0 Å². The van der Waals surface area contributed by atoms with Crippen molar-refractivity contribution in [2.45, 2.75) is 0 Å². The van der Waals surface area contributed by atoms with Gasteiger partial charge in [0.1, 0.15) is 0 Å². The average Bonchev–Trinajstić information content (AvgIpc) is 2.00. The first-order valence-corrected chi connectivity index (χ1v) is 15.0. The Bertz CT molecular complexity index is 375. The van der Waals surface area contributed by atoms with E-state index in [0.29, 0.717) is 0 Å². The highest BCUT2D eigenvalue weighted by molar-refractivity contribution is 6.95. The van der Waals surface area contributed by atoms with Crippen LogP contribution in [-0.4, -0.2) is 83.1 Å². The number of hydrogen-bond acceptors (Lipinski definition) is 15. The molecule has 21 heteroatoms. The van der Waals surface area contributed by atoms with E-state index in [1.54, 1.807) is 0 Å². The normalized spacial score (nSPS) is 66.0. The van der Waals surface area contributed by atoms with Gasteiger partial charge in [-0.05, 0) is 0 Å². The molecule has 5 rings (SSSR count). The van der Waals surface area contributed by atoms with Crippen molar-refractivity contribution < 1.29 is 65.8 Å². The first-order chi connectivity index (χ1) is 9.36. The zero-order valence-electron chi connectivity index (χ0n) is 9.36. The fraction of sp³-hybridized carbons (Fsp3) is 0. The molecule has 0 saturated carbocycles. The summed E-state index contributed by atoms with van der Waals surface area (Å²) in [6, 6.07) is 0. The highest BCUT2D eigenvalue weighted by Crippen LogP contribution is 2.43. The molecule has 0 atom stereocenters. The molecule has 6 N–H and O–H groups in total. The second-order valence-electron chi connectivity index (χ2n) is 4.06. The molecule has 6 bridgehead atoms. The van der Waals surface area contributed by atoms with Gasteiger partial charge < -0.3 is 65.8 Å². The Kier molecular flexibility index (Phi) is 2.79. The van der Waals surface area contributed by atoms with Crippen molar-refractivity contribution in [1.82, 2.24) is 0 Å². The summed E-state index contributed by atoms with van der Waals surface area (Å²) in [6.45, 7) is 0. The standard InChI is InChI=1S/H6O15Si6/c1-16-7-17(2)9-18(3,8-16)15-21(6)11-19(4,13-16)10-20(5,12-21)14-17/h1-6H. The van der Waals surface area contributed by atoms with Crippen LogP contribution in [0.3, 0.4) is 0 Å². The van der Waals surface area contributed by atoms with Crippen molar-refractivity contribution in [2.24, 2.45) is 0 Å². The second-order valence-corrected chi connectivity index (χ2v) is 17.7. The highest BCUT2D eigenvalue weighted by atomic mass is 28.6. The molecule has 0 aliphatic carbocycles. The lowest BCUT2D eigenvalue weighted by Gasteiger charge is -2.53. The maximum absolute atomic E-state index is 10.0. The smallest absolute Gasteiger partial charge is 0.369 e. The molecule has 15 nitrogen and oxygen atoms in total. The zero-order chi connectivity index (χ0) is 15.4. The summed E-state index contributed by atoms with van der Waals surface area (Å²) in [6.07, 6.45) is 0. The van der Waals surface area contributed by atoms with Gasteiger partial charge in [-0.1, -0.05) is 0 Å². The predicted molar refractivity (Wildman–Crippen MR) is 57.6 cm³/mol. The molecule has 5 aliphatic heterocycles. The van der Waals surface area contributed by atoms with Gasteiger partial charge in [-0.2, -0.15) is 0 Å². The molecule has 5 fully saturated rings. The minimum absolute atomic E-state index is 4.60. The molecule has 0 spiro atoms. The van der Waals surface area contributed by atoms with Crippen molar-refractivity contribution >= 4 is 54.3 Å². The van der Waals surface area contributed by atoms with Crippen LogP contribution in [0.4, 0.5) is 0 Å². The van der Waals surface area contributed by atoms with Crippen LogP contribution < -0.4 is 0 Å². The summed E-state index contributed by atoms with van der Waals surface area (Å²) in [7, 11) is -29.9. The first kappa shape index (κ1) is 15.2. The maximum atomic E-state index is 10.0. The first-order valence-electron chi connectivity index (χ1n) is 5.02. The lowest BCUT2D eigenvalue weighted by atomic mass is 15.5. The largest absolute Gasteiger partial charge is 0.659 e. The summed E-state index contributed by atoms with van der Waals surface area (Å²) >= 11 is 0. The molecule has 0 aromatic heterocycles. The van der Waals surface area contributed by atoms with Gasteiger partial charge in [0.2, 0.25) is 0 Å². The molecule has 120 valence electrons. The molecule has 5 aliphatic rings. The van der Waals surface area contributed by atoms with E-state index in [4.69, 9.17) is 0 Å². The molecule has 0 amide bonds. The van der Waals surface area contributed by atoms with Crippen LogP contribution in [0.2, 0.25) is 0 Å².